The first kappa shape index (κ1) is 16.8. The number of hydrogen-bond donors (Lipinski definition) is 1. The Balaban J connectivity index is 2.25. The molecule has 1 aliphatic rings. The number of benzene rings is 2. The van der Waals surface area contributed by atoms with Gasteiger partial charge < -0.3 is 5.11 Å². The first-order valence-corrected chi connectivity index (χ1v) is 8.96. The minimum absolute atomic E-state index is 0.0454. The van der Waals surface area contributed by atoms with Crippen LogP contribution in [-0.4, -0.2) is 30.7 Å². The molecule has 0 saturated carbocycles. The van der Waals surface area contributed by atoms with E-state index in [0.717, 1.165) is 4.31 Å². The minimum atomic E-state index is -3.95. The molecule has 3 rings (SSSR count). The topological polar surface area (TPSA) is 74.7 Å². The Morgan fingerprint density at radius 2 is 1.79 bits per heavy atom. The lowest BCUT2D eigenvalue weighted by Crippen LogP contribution is -2.35. The first-order chi connectivity index (χ1) is 11.2. The third-order valence-electron chi connectivity index (χ3n) is 3.71. The van der Waals surface area contributed by atoms with Crippen molar-refractivity contribution in [1.29, 1.82) is 0 Å². The van der Waals surface area contributed by atoms with E-state index in [2.05, 4.69) is 0 Å². The van der Waals surface area contributed by atoms with E-state index >= 15 is 0 Å². The highest BCUT2D eigenvalue weighted by atomic mass is 35.5. The van der Waals surface area contributed by atoms with Gasteiger partial charge in [-0.1, -0.05) is 35.3 Å². The predicted molar refractivity (Wildman–Crippen MR) is 91.7 cm³/mol. The van der Waals surface area contributed by atoms with Gasteiger partial charge in [-0.05, 0) is 30.3 Å². The summed E-state index contributed by atoms with van der Waals surface area (Å²) in [6.07, 6.45) is 0. The molecule has 0 spiro atoms. The second-order valence-corrected chi connectivity index (χ2v) is 7.90. The summed E-state index contributed by atoms with van der Waals surface area (Å²) in [5, 5.41) is 10.9. The van der Waals surface area contributed by atoms with Gasteiger partial charge in [-0.25, -0.2) is 8.42 Å². The number of halogens is 2. The summed E-state index contributed by atoms with van der Waals surface area (Å²) < 4.78 is 26.0. The lowest BCUT2D eigenvalue weighted by atomic mass is 10.0. The van der Waals surface area contributed by atoms with Crippen LogP contribution in [0.4, 0.5) is 0 Å². The van der Waals surface area contributed by atoms with Gasteiger partial charge in [-0.3, -0.25) is 9.10 Å². The fourth-order valence-corrected chi connectivity index (χ4v) is 4.38. The van der Waals surface area contributed by atoms with E-state index in [0.29, 0.717) is 5.02 Å². The van der Waals surface area contributed by atoms with Crippen LogP contribution < -0.4 is 0 Å². The van der Waals surface area contributed by atoms with Crippen molar-refractivity contribution in [2.24, 2.45) is 0 Å². The molecule has 2 aromatic carbocycles. The Hall–Kier alpha value is -2.02. The largest absolute Gasteiger partial charge is 0.505 e. The number of rotatable bonds is 2. The fraction of sp³-hybridized carbons (Fsp3) is 0.0625. The molecule has 124 valence electrons. The molecule has 5 nitrogen and oxygen atoms in total. The highest BCUT2D eigenvalue weighted by Gasteiger charge is 2.38. The normalized spacial score (nSPS) is 16.0. The van der Waals surface area contributed by atoms with Crippen LogP contribution in [0.2, 0.25) is 10.0 Å². The number of allylic oxidation sites excluding steroid dienone is 1. The molecule has 8 heteroatoms. The summed E-state index contributed by atoms with van der Waals surface area (Å²) in [7, 11) is -2.74. The van der Waals surface area contributed by atoms with Gasteiger partial charge in [0.05, 0.1) is 9.92 Å². The molecule has 0 fully saturated rings. The molecule has 1 heterocycles. The van der Waals surface area contributed by atoms with Crippen molar-refractivity contribution in [1.82, 2.24) is 4.31 Å². The number of aliphatic hydroxyl groups excluding tert-OH is 1. The van der Waals surface area contributed by atoms with Crippen LogP contribution in [0.15, 0.2) is 53.1 Å². The lowest BCUT2D eigenvalue weighted by Gasteiger charge is -2.28. The zero-order valence-electron chi connectivity index (χ0n) is 12.3. The van der Waals surface area contributed by atoms with Gasteiger partial charge >= 0.3 is 0 Å². The van der Waals surface area contributed by atoms with E-state index in [1.54, 1.807) is 12.1 Å². The number of carbonyl (C=O) groups is 1. The number of nitrogens with zero attached hydrogens (tertiary/aromatic N) is 1. The number of sulfonamides is 1. The first-order valence-electron chi connectivity index (χ1n) is 6.76. The molecular weight excluding hydrogens is 373 g/mol. The summed E-state index contributed by atoms with van der Waals surface area (Å²) in [6.45, 7) is 0. The van der Waals surface area contributed by atoms with Gasteiger partial charge in [0.15, 0.2) is 5.76 Å². The summed E-state index contributed by atoms with van der Waals surface area (Å²) in [6, 6.07) is 10.1. The summed E-state index contributed by atoms with van der Waals surface area (Å²) in [5.74, 6) is -1.13. The average Bonchev–Trinajstić information content (AvgIpc) is 2.53. The maximum Gasteiger partial charge on any atom is 0.265 e. The monoisotopic (exact) mass is 383 g/mol. The molecule has 0 aliphatic carbocycles. The number of carbonyl (C=O) groups excluding carboxylic acids is 1. The minimum Gasteiger partial charge on any atom is -0.505 e. The maximum atomic E-state index is 12.8. The van der Waals surface area contributed by atoms with Crippen molar-refractivity contribution in [3.8, 4) is 0 Å². The number of hydrogen-bond acceptors (Lipinski definition) is 4. The van der Waals surface area contributed by atoms with Gasteiger partial charge in [0.2, 0.25) is 5.78 Å². The third kappa shape index (κ3) is 2.47. The Morgan fingerprint density at radius 1 is 1.12 bits per heavy atom. The van der Waals surface area contributed by atoms with Gasteiger partial charge in [-0.15, -0.1) is 0 Å². The number of aliphatic hydroxyl groups is 1. The molecule has 1 aliphatic heterocycles. The second-order valence-electron chi connectivity index (χ2n) is 5.12. The highest BCUT2D eigenvalue weighted by Crippen LogP contribution is 2.36. The van der Waals surface area contributed by atoms with E-state index in [4.69, 9.17) is 23.2 Å². The molecule has 1 N–H and O–H groups in total. The van der Waals surface area contributed by atoms with Crippen molar-refractivity contribution in [3.05, 3.63) is 69.3 Å². The van der Waals surface area contributed by atoms with Crippen LogP contribution in [0.1, 0.15) is 15.9 Å². The number of likely N-dealkylation sites (N-methyl/N-ethyl adjacent to an activating group) is 1. The van der Waals surface area contributed by atoms with E-state index in [-0.39, 0.29) is 26.7 Å². The Labute approximate surface area is 148 Å². The summed E-state index contributed by atoms with van der Waals surface area (Å²) in [5.41, 5.74) is -0.244. The van der Waals surface area contributed by atoms with Crippen LogP contribution in [0.25, 0.3) is 5.76 Å². The second kappa shape index (κ2) is 5.81. The van der Waals surface area contributed by atoms with Gasteiger partial charge in [0.25, 0.3) is 10.0 Å². The van der Waals surface area contributed by atoms with Gasteiger partial charge in [-0.2, -0.15) is 0 Å². The van der Waals surface area contributed by atoms with Crippen LogP contribution in [0, 0.1) is 0 Å². The zero-order valence-corrected chi connectivity index (χ0v) is 14.7. The molecule has 0 saturated heterocycles. The van der Waals surface area contributed by atoms with Gasteiger partial charge in [0, 0.05) is 23.2 Å². The number of Topliss-reactive ketones (excluding diaryl/α,β-unsaturated/α-hetero) is 1. The third-order valence-corrected chi connectivity index (χ3v) is 6.07. The van der Waals surface area contributed by atoms with Crippen LogP contribution >= 0.6 is 23.2 Å². The predicted octanol–water partition coefficient (Wildman–Crippen LogP) is 3.74. The SMILES string of the molecule is CN1C(C(=O)c2ccc(Cl)cc2Cl)=C(O)c2ccccc2S1(=O)=O. The summed E-state index contributed by atoms with van der Waals surface area (Å²) >= 11 is 11.8. The molecule has 0 bridgehead atoms. The van der Waals surface area contributed by atoms with E-state index in [9.17, 15) is 18.3 Å². The van der Waals surface area contributed by atoms with E-state index in [1.807, 2.05) is 0 Å². The Kier molecular flexibility index (Phi) is 4.07. The Morgan fingerprint density at radius 3 is 2.46 bits per heavy atom. The maximum absolute atomic E-state index is 12.8. The van der Waals surface area contributed by atoms with Crippen molar-refractivity contribution in [3.63, 3.8) is 0 Å². The van der Waals surface area contributed by atoms with Gasteiger partial charge in [0.1, 0.15) is 5.70 Å². The molecule has 0 unspecified atom stereocenters. The molecular formula is C16H11Cl2NO4S. The molecule has 0 atom stereocenters. The molecule has 0 aromatic heterocycles. The quantitative estimate of drug-likeness (QED) is 0.801. The molecule has 0 radical (unpaired) electrons. The Bertz CT molecular complexity index is 999. The fourth-order valence-electron chi connectivity index (χ4n) is 2.48. The smallest absolute Gasteiger partial charge is 0.265 e. The van der Waals surface area contributed by atoms with Crippen LogP contribution in [-0.2, 0) is 10.0 Å². The molecule has 2 aromatic rings. The van der Waals surface area contributed by atoms with Crippen LogP contribution in [0.3, 0.4) is 0 Å². The van der Waals surface area contributed by atoms with E-state index in [1.165, 1.54) is 37.4 Å². The highest BCUT2D eigenvalue weighted by molar-refractivity contribution is 7.89. The van der Waals surface area contributed by atoms with Crippen LogP contribution in [0.5, 0.6) is 0 Å². The molecule has 0 amide bonds. The lowest BCUT2D eigenvalue weighted by molar-refractivity contribution is 0.101. The average molecular weight is 384 g/mol. The summed E-state index contributed by atoms with van der Waals surface area (Å²) in [4.78, 5) is 12.7. The van der Waals surface area contributed by atoms with Crippen molar-refractivity contribution < 1.29 is 18.3 Å². The number of fused-ring (bicyclic) bond motifs is 1. The van der Waals surface area contributed by atoms with Crippen molar-refractivity contribution in [2.45, 2.75) is 4.90 Å². The van der Waals surface area contributed by atoms with E-state index < -0.39 is 21.6 Å². The van der Waals surface area contributed by atoms with Crippen molar-refractivity contribution >= 4 is 44.8 Å². The standard InChI is InChI=1S/C16H11Cl2NO4S/c1-19-14(15(20)10-7-6-9(17)8-12(10)18)16(21)11-4-2-3-5-13(11)24(19,22)23/h2-8,21H,1H3. The zero-order chi connectivity index (χ0) is 17.6. The molecule has 24 heavy (non-hydrogen) atoms. The van der Waals surface area contributed by atoms with Crippen molar-refractivity contribution in [2.75, 3.05) is 7.05 Å². The number of ketones is 1.